The molecule has 1 atom stereocenters. The van der Waals surface area contributed by atoms with Crippen molar-refractivity contribution in [3.05, 3.63) is 34.6 Å². The summed E-state index contributed by atoms with van der Waals surface area (Å²) in [6.45, 7) is 3.51. The lowest BCUT2D eigenvalue weighted by molar-refractivity contribution is 0.124. The summed E-state index contributed by atoms with van der Waals surface area (Å²) in [5, 5.41) is 0.442. The number of hydrogen-bond acceptors (Lipinski definition) is 2. The highest BCUT2D eigenvalue weighted by Crippen LogP contribution is 2.20. The summed E-state index contributed by atoms with van der Waals surface area (Å²) in [6, 6.07) is 4.57. The van der Waals surface area contributed by atoms with Gasteiger partial charge in [-0.25, -0.2) is 4.39 Å². The number of ether oxygens (including phenoxy) is 1. The summed E-state index contributed by atoms with van der Waals surface area (Å²) in [5.41, 5.74) is 6.45. The van der Waals surface area contributed by atoms with Crippen LogP contribution in [0.2, 0.25) is 5.02 Å². The van der Waals surface area contributed by atoms with Crippen LogP contribution in [0, 0.1) is 5.82 Å². The number of rotatable bonds is 8. The van der Waals surface area contributed by atoms with Crippen LogP contribution in [-0.2, 0) is 11.2 Å². The molecule has 2 N–H and O–H groups in total. The van der Waals surface area contributed by atoms with Crippen LogP contribution in [0.15, 0.2) is 18.2 Å². The minimum atomic E-state index is -0.287. The molecular formula is C14H21ClFNO. The number of nitrogens with two attached hydrogens (primary N) is 1. The first-order chi connectivity index (χ1) is 8.65. The van der Waals surface area contributed by atoms with E-state index in [1.807, 2.05) is 0 Å². The molecule has 0 heterocycles. The molecule has 1 aromatic carbocycles. The van der Waals surface area contributed by atoms with Gasteiger partial charge in [-0.05, 0) is 31.4 Å². The lowest BCUT2D eigenvalue weighted by Gasteiger charge is -2.13. The standard InChI is InChI=1S/C14H21ClFNO/c1-2-3-8-18-9-7-11(17)10-12-13(15)5-4-6-14(12)16/h4-6,11H,2-3,7-10,17H2,1H3. The maximum absolute atomic E-state index is 13.5. The van der Waals surface area contributed by atoms with Crippen molar-refractivity contribution < 1.29 is 9.13 Å². The topological polar surface area (TPSA) is 35.2 Å². The van der Waals surface area contributed by atoms with Crippen molar-refractivity contribution in [3.63, 3.8) is 0 Å². The summed E-state index contributed by atoms with van der Waals surface area (Å²) in [4.78, 5) is 0. The van der Waals surface area contributed by atoms with Gasteiger partial charge < -0.3 is 10.5 Å². The molecule has 0 bridgehead atoms. The minimum Gasteiger partial charge on any atom is -0.381 e. The lowest BCUT2D eigenvalue weighted by atomic mass is 10.0. The van der Waals surface area contributed by atoms with E-state index >= 15 is 0 Å². The molecule has 4 heteroatoms. The van der Waals surface area contributed by atoms with E-state index in [4.69, 9.17) is 22.1 Å². The normalized spacial score (nSPS) is 12.7. The largest absolute Gasteiger partial charge is 0.381 e. The number of benzene rings is 1. The maximum Gasteiger partial charge on any atom is 0.127 e. The Bertz CT molecular complexity index is 339. The van der Waals surface area contributed by atoms with Crippen molar-refractivity contribution in [2.24, 2.45) is 5.73 Å². The van der Waals surface area contributed by atoms with Gasteiger partial charge in [-0.3, -0.25) is 0 Å². The zero-order chi connectivity index (χ0) is 13.4. The van der Waals surface area contributed by atoms with Gasteiger partial charge in [0, 0.05) is 29.8 Å². The highest BCUT2D eigenvalue weighted by Gasteiger charge is 2.11. The van der Waals surface area contributed by atoms with Crippen LogP contribution in [0.4, 0.5) is 4.39 Å². The first kappa shape index (κ1) is 15.4. The Labute approximate surface area is 113 Å². The predicted molar refractivity (Wildman–Crippen MR) is 73.4 cm³/mol. The van der Waals surface area contributed by atoms with Crippen LogP contribution < -0.4 is 5.73 Å². The van der Waals surface area contributed by atoms with Gasteiger partial charge in [0.05, 0.1) is 0 Å². The second-order valence-electron chi connectivity index (χ2n) is 4.42. The first-order valence-corrected chi connectivity index (χ1v) is 6.79. The van der Waals surface area contributed by atoms with Gasteiger partial charge in [0.2, 0.25) is 0 Å². The van der Waals surface area contributed by atoms with Crippen molar-refractivity contribution in [1.82, 2.24) is 0 Å². The molecule has 102 valence electrons. The maximum atomic E-state index is 13.5. The molecular weight excluding hydrogens is 253 g/mol. The molecule has 1 rings (SSSR count). The number of unbranched alkanes of at least 4 members (excludes halogenated alkanes) is 1. The van der Waals surface area contributed by atoms with Crippen LogP contribution in [0.25, 0.3) is 0 Å². The average Bonchev–Trinajstić information content (AvgIpc) is 2.34. The van der Waals surface area contributed by atoms with E-state index in [1.54, 1.807) is 12.1 Å². The molecule has 0 aliphatic heterocycles. The predicted octanol–water partition coefficient (Wildman–Crippen LogP) is 3.56. The summed E-state index contributed by atoms with van der Waals surface area (Å²) in [5.74, 6) is -0.287. The fourth-order valence-corrected chi connectivity index (χ4v) is 1.91. The van der Waals surface area contributed by atoms with Crippen LogP contribution in [-0.4, -0.2) is 19.3 Å². The Balaban J connectivity index is 2.33. The molecule has 0 fully saturated rings. The Hall–Kier alpha value is -0.640. The molecule has 0 aromatic heterocycles. The lowest BCUT2D eigenvalue weighted by Crippen LogP contribution is -2.25. The highest BCUT2D eigenvalue weighted by molar-refractivity contribution is 6.31. The fourth-order valence-electron chi connectivity index (χ4n) is 1.67. The van der Waals surface area contributed by atoms with Gasteiger partial charge in [0.1, 0.15) is 5.82 Å². The van der Waals surface area contributed by atoms with E-state index in [9.17, 15) is 4.39 Å². The molecule has 0 spiro atoms. The van der Waals surface area contributed by atoms with E-state index < -0.39 is 0 Å². The van der Waals surface area contributed by atoms with Gasteiger partial charge >= 0.3 is 0 Å². The van der Waals surface area contributed by atoms with Gasteiger partial charge in [-0.15, -0.1) is 0 Å². The highest BCUT2D eigenvalue weighted by atomic mass is 35.5. The zero-order valence-electron chi connectivity index (χ0n) is 10.8. The molecule has 0 saturated heterocycles. The molecule has 0 amide bonds. The van der Waals surface area contributed by atoms with Crippen LogP contribution in [0.1, 0.15) is 31.7 Å². The second kappa shape index (κ2) is 8.46. The Kier molecular flexibility index (Phi) is 7.25. The molecule has 1 unspecified atom stereocenters. The second-order valence-corrected chi connectivity index (χ2v) is 4.83. The Morgan fingerprint density at radius 3 is 2.83 bits per heavy atom. The fraction of sp³-hybridized carbons (Fsp3) is 0.571. The van der Waals surface area contributed by atoms with Gasteiger partial charge in [-0.1, -0.05) is 31.0 Å². The van der Waals surface area contributed by atoms with Crippen LogP contribution in [0.3, 0.4) is 0 Å². The van der Waals surface area contributed by atoms with E-state index in [0.717, 1.165) is 19.4 Å². The van der Waals surface area contributed by atoms with E-state index in [1.165, 1.54) is 6.07 Å². The van der Waals surface area contributed by atoms with Gasteiger partial charge in [0.25, 0.3) is 0 Å². The van der Waals surface area contributed by atoms with Crippen LogP contribution >= 0.6 is 11.6 Å². The monoisotopic (exact) mass is 273 g/mol. The molecule has 0 aliphatic carbocycles. The van der Waals surface area contributed by atoms with Crippen LogP contribution in [0.5, 0.6) is 0 Å². The molecule has 2 nitrogen and oxygen atoms in total. The van der Waals surface area contributed by atoms with E-state index in [-0.39, 0.29) is 11.9 Å². The minimum absolute atomic E-state index is 0.124. The summed E-state index contributed by atoms with van der Waals surface area (Å²) in [7, 11) is 0. The number of hydrogen-bond donors (Lipinski definition) is 1. The van der Waals surface area contributed by atoms with Crippen molar-refractivity contribution in [3.8, 4) is 0 Å². The SMILES string of the molecule is CCCCOCCC(N)Cc1c(F)cccc1Cl. The van der Waals surface area contributed by atoms with E-state index in [2.05, 4.69) is 6.92 Å². The molecule has 1 aromatic rings. The Morgan fingerprint density at radius 2 is 2.17 bits per heavy atom. The molecule has 0 aliphatic rings. The van der Waals surface area contributed by atoms with Crippen molar-refractivity contribution in [2.75, 3.05) is 13.2 Å². The van der Waals surface area contributed by atoms with Crippen molar-refractivity contribution >= 4 is 11.6 Å². The molecule has 0 radical (unpaired) electrons. The van der Waals surface area contributed by atoms with E-state index in [0.29, 0.717) is 30.0 Å². The van der Waals surface area contributed by atoms with Crippen molar-refractivity contribution in [1.29, 1.82) is 0 Å². The van der Waals surface area contributed by atoms with Gasteiger partial charge in [-0.2, -0.15) is 0 Å². The third-order valence-electron chi connectivity index (χ3n) is 2.80. The van der Waals surface area contributed by atoms with Gasteiger partial charge in [0.15, 0.2) is 0 Å². The van der Waals surface area contributed by atoms with Crippen molar-refractivity contribution in [2.45, 2.75) is 38.6 Å². The smallest absolute Gasteiger partial charge is 0.127 e. The summed E-state index contributed by atoms with van der Waals surface area (Å²) in [6.07, 6.45) is 3.35. The molecule has 0 saturated carbocycles. The summed E-state index contributed by atoms with van der Waals surface area (Å²) >= 11 is 5.95. The zero-order valence-corrected chi connectivity index (χ0v) is 11.5. The average molecular weight is 274 g/mol. The molecule has 18 heavy (non-hydrogen) atoms. The first-order valence-electron chi connectivity index (χ1n) is 6.41. The third-order valence-corrected chi connectivity index (χ3v) is 3.16. The quantitative estimate of drug-likeness (QED) is 0.735. The summed E-state index contributed by atoms with van der Waals surface area (Å²) < 4.78 is 19.0. The third kappa shape index (κ3) is 5.34. The number of halogens is 2. The Morgan fingerprint density at radius 1 is 1.39 bits per heavy atom.